The summed E-state index contributed by atoms with van der Waals surface area (Å²) in [5.74, 6) is -0.265. The lowest BCUT2D eigenvalue weighted by molar-refractivity contribution is 0.0922. The summed E-state index contributed by atoms with van der Waals surface area (Å²) in [5.41, 5.74) is 1.44. The van der Waals surface area contributed by atoms with Crippen LogP contribution >= 0.6 is 0 Å². The molecule has 33 heavy (non-hydrogen) atoms. The zero-order valence-electron chi connectivity index (χ0n) is 19.0. The average Bonchev–Trinajstić information content (AvgIpc) is 2.86. The maximum absolute atomic E-state index is 13.6. The molecule has 0 saturated carbocycles. The highest BCUT2D eigenvalue weighted by atomic mass is 19.1. The fourth-order valence-corrected chi connectivity index (χ4v) is 4.86. The van der Waals surface area contributed by atoms with Crippen molar-refractivity contribution in [3.05, 3.63) is 77.1 Å². The number of amides is 1. The molecule has 1 heterocycles. The number of ether oxygens (including phenoxy) is 1. The SMILES string of the molecule is CCN1CCC(CNC(=O)c2c(OC)c(C#N)cc3ccccc23)(c2ccc(F)cc2)CC1. The number of hydrogen-bond donors (Lipinski definition) is 1. The van der Waals surface area contributed by atoms with Crippen LogP contribution in [0.2, 0.25) is 0 Å². The van der Waals surface area contributed by atoms with E-state index < -0.39 is 0 Å². The van der Waals surface area contributed by atoms with E-state index in [1.54, 1.807) is 6.07 Å². The first-order valence-corrected chi connectivity index (χ1v) is 11.3. The molecule has 3 aromatic rings. The molecule has 1 aliphatic heterocycles. The van der Waals surface area contributed by atoms with E-state index in [9.17, 15) is 14.4 Å². The standard InChI is InChI=1S/C27H28FN3O2/c1-3-31-14-12-27(13-15-31,21-8-10-22(28)11-9-21)18-30-26(32)24-23-7-5-4-6-19(23)16-20(17-29)25(24)33-2/h4-11,16H,3,12-15,18H2,1-2H3,(H,30,32). The maximum Gasteiger partial charge on any atom is 0.255 e. The van der Waals surface area contributed by atoms with Crippen molar-refractivity contribution in [3.63, 3.8) is 0 Å². The summed E-state index contributed by atoms with van der Waals surface area (Å²) in [7, 11) is 1.47. The maximum atomic E-state index is 13.6. The molecule has 0 bridgehead atoms. The summed E-state index contributed by atoms with van der Waals surface area (Å²) in [6, 6.07) is 18.0. The number of rotatable bonds is 6. The van der Waals surface area contributed by atoms with E-state index in [1.807, 2.05) is 36.4 Å². The fourth-order valence-electron chi connectivity index (χ4n) is 4.86. The van der Waals surface area contributed by atoms with Crippen molar-refractivity contribution in [2.45, 2.75) is 25.2 Å². The molecule has 1 N–H and O–H groups in total. The number of benzene rings is 3. The minimum atomic E-state index is -0.287. The predicted octanol–water partition coefficient (Wildman–Crippen LogP) is 4.64. The van der Waals surface area contributed by atoms with Crippen LogP contribution in [0, 0.1) is 17.1 Å². The minimum Gasteiger partial charge on any atom is -0.495 e. The van der Waals surface area contributed by atoms with E-state index >= 15 is 0 Å². The Morgan fingerprint density at radius 3 is 2.52 bits per heavy atom. The third-order valence-electron chi connectivity index (χ3n) is 6.86. The van der Waals surface area contributed by atoms with Crippen LogP contribution in [-0.4, -0.2) is 44.1 Å². The van der Waals surface area contributed by atoms with Crippen molar-refractivity contribution in [3.8, 4) is 11.8 Å². The van der Waals surface area contributed by atoms with E-state index in [2.05, 4.69) is 23.2 Å². The van der Waals surface area contributed by atoms with Gasteiger partial charge in [0.05, 0.1) is 18.2 Å². The molecule has 1 fully saturated rings. The highest BCUT2D eigenvalue weighted by Gasteiger charge is 2.36. The largest absolute Gasteiger partial charge is 0.495 e. The summed E-state index contributed by atoms with van der Waals surface area (Å²) >= 11 is 0. The lowest BCUT2D eigenvalue weighted by Crippen LogP contribution is -2.49. The zero-order chi connectivity index (χ0) is 23.4. The Balaban J connectivity index is 1.68. The van der Waals surface area contributed by atoms with Gasteiger partial charge in [0.15, 0.2) is 0 Å². The number of fused-ring (bicyclic) bond motifs is 1. The zero-order valence-corrected chi connectivity index (χ0v) is 19.0. The predicted molar refractivity (Wildman–Crippen MR) is 127 cm³/mol. The molecular formula is C27H28FN3O2. The number of nitriles is 1. The first-order chi connectivity index (χ1) is 16.0. The lowest BCUT2D eigenvalue weighted by atomic mass is 9.72. The van der Waals surface area contributed by atoms with E-state index in [0.717, 1.165) is 48.8 Å². The number of nitrogens with one attached hydrogen (secondary N) is 1. The first kappa shape index (κ1) is 22.8. The highest BCUT2D eigenvalue weighted by molar-refractivity contribution is 6.10. The van der Waals surface area contributed by atoms with E-state index in [-0.39, 0.29) is 22.9 Å². The Morgan fingerprint density at radius 1 is 1.18 bits per heavy atom. The second kappa shape index (κ2) is 9.60. The molecule has 1 saturated heterocycles. The second-order valence-electron chi connectivity index (χ2n) is 8.57. The Labute approximate surface area is 193 Å². The molecule has 0 aromatic heterocycles. The summed E-state index contributed by atoms with van der Waals surface area (Å²) in [6.07, 6.45) is 1.73. The van der Waals surface area contributed by atoms with Gasteiger partial charge in [-0.3, -0.25) is 4.79 Å². The smallest absolute Gasteiger partial charge is 0.255 e. The number of carbonyl (C=O) groups is 1. The fraction of sp³-hybridized carbons (Fsp3) is 0.333. The van der Waals surface area contributed by atoms with Crippen molar-refractivity contribution in [2.24, 2.45) is 0 Å². The van der Waals surface area contributed by atoms with Crippen LogP contribution < -0.4 is 10.1 Å². The van der Waals surface area contributed by atoms with Crippen LogP contribution in [0.5, 0.6) is 5.75 Å². The van der Waals surface area contributed by atoms with Crippen molar-refractivity contribution in [2.75, 3.05) is 33.3 Å². The second-order valence-corrected chi connectivity index (χ2v) is 8.57. The van der Waals surface area contributed by atoms with Gasteiger partial charge in [0.25, 0.3) is 5.91 Å². The number of piperidine rings is 1. The van der Waals surface area contributed by atoms with Crippen LogP contribution in [0.3, 0.4) is 0 Å². The van der Waals surface area contributed by atoms with Gasteiger partial charge < -0.3 is 15.0 Å². The number of nitrogens with zero attached hydrogens (tertiary/aromatic N) is 2. The molecular weight excluding hydrogens is 417 g/mol. The molecule has 0 unspecified atom stereocenters. The molecule has 170 valence electrons. The Morgan fingerprint density at radius 2 is 1.88 bits per heavy atom. The molecule has 1 amide bonds. The van der Waals surface area contributed by atoms with Crippen LogP contribution in [0.25, 0.3) is 10.8 Å². The summed E-state index contributed by atoms with van der Waals surface area (Å²) in [5, 5.41) is 14.3. The van der Waals surface area contributed by atoms with Gasteiger partial charge in [-0.05, 0) is 67.0 Å². The molecule has 0 atom stereocenters. The highest BCUT2D eigenvalue weighted by Crippen LogP contribution is 2.36. The third-order valence-corrected chi connectivity index (χ3v) is 6.86. The number of hydrogen-bond acceptors (Lipinski definition) is 4. The number of methoxy groups -OCH3 is 1. The van der Waals surface area contributed by atoms with Crippen LogP contribution in [-0.2, 0) is 5.41 Å². The Kier molecular flexibility index (Phi) is 6.62. The summed E-state index contributed by atoms with van der Waals surface area (Å²) in [6.45, 7) is 5.38. The number of carbonyl (C=O) groups excluding carboxylic acids is 1. The van der Waals surface area contributed by atoms with Gasteiger partial charge in [-0.15, -0.1) is 0 Å². The molecule has 0 radical (unpaired) electrons. The number of halogens is 1. The Hall–Kier alpha value is -3.43. The van der Waals surface area contributed by atoms with E-state index in [1.165, 1.54) is 19.2 Å². The van der Waals surface area contributed by atoms with Crippen molar-refractivity contribution in [1.82, 2.24) is 10.2 Å². The molecule has 5 nitrogen and oxygen atoms in total. The average molecular weight is 446 g/mol. The Bertz CT molecular complexity index is 1190. The van der Waals surface area contributed by atoms with Gasteiger partial charge in [-0.25, -0.2) is 4.39 Å². The molecule has 6 heteroatoms. The number of likely N-dealkylation sites (tertiary alicyclic amines) is 1. The van der Waals surface area contributed by atoms with Crippen LogP contribution in [0.15, 0.2) is 54.6 Å². The third kappa shape index (κ3) is 4.42. The quantitative estimate of drug-likeness (QED) is 0.600. The van der Waals surface area contributed by atoms with Gasteiger partial charge in [-0.1, -0.05) is 43.3 Å². The molecule has 3 aromatic carbocycles. The minimum absolute atomic E-state index is 0.270. The van der Waals surface area contributed by atoms with Crippen LogP contribution in [0.1, 0.15) is 41.3 Å². The van der Waals surface area contributed by atoms with Gasteiger partial charge >= 0.3 is 0 Å². The first-order valence-electron chi connectivity index (χ1n) is 11.3. The molecule has 0 aliphatic carbocycles. The van der Waals surface area contributed by atoms with Gasteiger partial charge in [-0.2, -0.15) is 5.26 Å². The molecule has 0 spiro atoms. The molecule has 4 rings (SSSR count). The van der Waals surface area contributed by atoms with Crippen molar-refractivity contribution < 1.29 is 13.9 Å². The summed E-state index contributed by atoms with van der Waals surface area (Å²) < 4.78 is 19.1. The van der Waals surface area contributed by atoms with E-state index in [0.29, 0.717) is 17.7 Å². The van der Waals surface area contributed by atoms with Crippen LogP contribution in [0.4, 0.5) is 4.39 Å². The van der Waals surface area contributed by atoms with Crippen molar-refractivity contribution >= 4 is 16.7 Å². The normalized spacial score (nSPS) is 15.7. The van der Waals surface area contributed by atoms with E-state index in [4.69, 9.17) is 4.74 Å². The van der Waals surface area contributed by atoms with Gasteiger partial charge in [0, 0.05) is 12.0 Å². The van der Waals surface area contributed by atoms with Crippen molar-refractivity contribution in [1.29, 1.82) is 5.26 Å². The van der Waals surface area contributed by atoms with Gasteiger partial charge in [0.1, 0.15) is 17.6 Å². The lowest BCUT2D eigenvalue weighted by Gasteiger charge is -2.42. The summed E-state index contributed by atoms with van der Waals surface area (Å²) in [4.78, 5) is 15.9. The van der Waals surface area contributed by atoms with Gasteiger partial charge in [0.2, 0.25) is 0 Å². The molecule has 1 aliphatic rings. The topological polar surface area (TPSA) is 65.4 Å². The monoisotopic (exact) mass is 445 g/mol.